The molecular formula is C15H23N3O. The fraction of sp³-hybridized carbons (Fsp3) is 0.533. The highest BCUT2D eigenvalue weighted by molar-refractivity contribution is 5.81. The zero-order valence-electron chi connectivity index (χ0n) is 12.0. The van der Waals surface area contributed by atoms with E-state index in [1.807, 2.05) is 25.8 Å². The first-order valence-electron chi connectivity index (χ1n) is 6.93. The summed E-state index contributed by atoms with van der Waals surface area (Å²) in [5.41, 5.74) is 3.68. The van der Waals surface area contributed by atoms with Gasteiger partial charge in [-0.25, -0.2) is 0 Å². The molecule has 0 bridgehead atoms. The van der Waals surface area contributed by atoms with E-state index in [2.05, 4.69) is 28.8 Å². The van der Waals surface area contributed by atoms with E-state index in [9.17, 15) is 4.79 Å². The Labute approximate surface area is 115 Å². The Morgan fingerprint density at radius 3 is 3.00 bits per heavy atom. The summed E-state index contributed by atoms with van der Waals surface area (Å²) in [7, 11) is 1.96. The summed E-state index contributed by atoms with van der Waals surface area (Å²) in [5.74, 6) is 0.0633. The molecule has 19 heavy (non-hydrogen) atoms. The van der Waals surface area contributed by atoms with Crippen LogP contribution in [-0.4, -0.2) is 32.1 Å². The minimum atomic E-state index is 0.0633. The largest absolute Gasteiger partial charge is 0.385 e. The highest BCUT2D eigenvalue weighted by atomic mass is 16.2. The average molecular weight is 261 g/mol. The van der Waals surface area contributed by atoms with Crippen molar-refractivity contribution in [1.82, 2.24) is 5.32 Å². The van der Waals surface area contributed by atoms with Crippen LogP contribution in [-0.2, 0) is 11.2 Å². The third-order valence-electron chi connectivity index (χ3n) is 3.30. The van der Waals surface area contributed by atoms with Gasteiger partial charge in [-0.15, -0.1) is 0 Å². The van der Waals surface area contributed by atoms with Crippen molar-refractivity contribution in [1.29, 1.82) is 0 Å². The number of hydrogen-bond acceptors (Lipinski definition) is 3. The molecule has 1 aromatic rings. The zero-order valence-corrected chi connectivity index (χ0v) is 12.0. The number of aryl methyl sites for hydroxylation is 1. The maximum atomic E-state index is 11.8. The van der Waals surface area contributed by atoms with E-state index in [1.165, 1.54) is 17.7 Å². The van der Waals surface area contributed by atoms with Gasteiger partial charge in [0.25, 0.3) is 0 Å². The van der Waals surface area contributed by atoms with Gasteiger partial charge >= 0.3 is 0 Å². The third kappa shape index (κ3) is 3.63. The summed E-state index contributed by atoms with van der Waals surface area (Å²) in [6.07, 6.45) is 2.29. The number of benzene rings is 1. The van der Waals surface area contributed by atoms with Crippen LogP contribution in [0.3, 0.4) is 0 Å². The van der Waals surface area contributed by atoms with Gasteiger partial charge in [0.15, 0.2) is 0 Å². The van der Waals surface area contributed by atoms with Gasteiger partial charge in [-0.2, -0.15) is 0 Å². The molecule has 0 aromatic heterocycles. The molecule has 0 saturated carbocycles. The van der Waals surface area contributed by atoms with E-state index in [0.717, 1.165) is 18.7 Å². The normalized spacial score (nSPS) is 13.7. The molecule has 1 heterocycles. The molecule has 1 aliphatic heterocycles. The molecule has 0 radical (unpaired) electrons. The Kier molecular flexibility index (Phi) is 4.30. The molecule has 104 valence electrons. The van der Waals surface area contributed by atoms with Crippen LogP contribution in [0.5, 0.6) is 0 Å². The maximum absolute atomic E-state index is 11.8. The van der Waals surface area contributed by atoms with E-state index < -0.39 is 0 Å². The first-order chi connectivity index (χ1) is 9.06. The standard InChI is InChI=1S/C15H23N3O/c1-11(2)17-15(19)10-18(3)13-6-7-14-12(9-13)5-4-8-16-14/h6-7,9,11,16H,4-5,8,10H2,1-3H3,(H,17,19). The summed E-state index contributed by atoms with van der Waals surface area (Å²) < 4.78 is 0. The number of nitrogens with one attached hydrogen (secondary N) is 2. The molecule has 0 spiro atoms. The maximum Gasteiger partial charge on any atom is 0.239 e. The number of likely N-dealkylation sites (N-methyl/N-ethyl adjacent to an activating group) is 1. The van der Waals surface area contributed by atoms with Crippen LogP contribution in [0.25, 0.3) is 0 Å². The molecule has 4 nitrogen and oxygen atoms in total. The smallest absolute Gasteiger partial charge is 0.239 e. The topological polar surface area (TPSA) is 44.4 Å². The van der Waals surface area contributed by atoms with Crippen LogP contribution >= 0.6 is 0 Å². The van der Waals surface area contributed by atoms with Crippen molar-refractivity contribution in [3.63, 3.8) is 0 Å². The lowest BCUT2D eigenvalue weighted by molar-refractivity contribution is -0.120. The Morgan fingerprint density at radius 2 is 2.26 bits per heavy atom. The molecule has 0 aliphatic carbocycles. The minimum absolute atomic E-state index is 0.0633. The molecule has 0 atom stereocenters. The number of amides is 1. The summed E-state index contributed by atoms with van der Waals surface area (Å²) >= 11 is 0. The van der Waals surface area contributed by atoms with Gasteiger partial charge in [0, 0.05) is 31.0 Å². The van der Waals surface area contributed by atoms with Crippen LogP contribution in [0.15, 0.2) is 18.2 Å². The van der Waals surface area contributed by atoms with Gasteiger partial charge < -0.3 is 15.5 Å². The molecule has 4 heteroatoms. The van der Waals surface area contributed by atoms with Gasteiger partial charge in [-0.3, -0.25) is 4.79 Å². The van der Waals surface area contributed by atoms with Gasteiger partial charge in [0.05, 0.1) is 6.54 Å². The number of nitrogens with zero attached hydrogens (tertiary/aromatic N) is 1. The molecule has 2 rings (SSSR count). The van der Waals surface area contributed by atoms with Crippen molar-refractivity contribution in [3.8, 4) is 0 Å². The molecule has 1 aliphatic rings. The van der Waals surface area contributed by atoms with Gasteiger partial charge in [-0.1, -0.05) is 0 Å². The molecule has 0 fully saturated rings. The van der Waals surface area contributed by atoms with Gasteiger partial charge in [-0.05, 0) is 50.5 Å². The quantitative estimate of drug-likeness (QED) is 0.871. The Bertz CT molecular complexity index is 457. The lowest BCUT2D eigenvalue weighted by Crippen LogP contribution is -2.38. The van der Waals surface area contributed by atoms with E-state index >= 15 is 0 Å². The second-order valence-electron chi connectivity index (χ2n) is 5.45. The van der Waals surface area contributed by atoms with Crippen molar-refractivity contribution < 1.29 is 4.79 Å². The van der Waals surface area contributed by atoms with Gasteiger partial charge in [0.2, 0.25) is 5.91 Å². The van der Waals surface area contributed by atoms with Crippen molar-refractivity contribution >= 4 is 17.3 Å². The number of rotatable bonds is 4. The van der Waals surface area contributed by atoms with Crippen LogP contribution in [0.1, 0.15) is 25.8 Å². The lowest BCUT2D eigenvalue weighted by atomic mass is 10.0. The van der Waals surface area contributed by atoms with E-state index in [1.54, 1.807) is 0 Å². The third-order valence-corrected chi connectivity index (χ3v) is 3.30. The van der Waals surface area contributed by atoms with Crippen LogP contribution < -0.4 is 15.5 Å². The molecule has 0 saturated heterocycles. The van der Waals surface area contributed by atoms with Crippen molar-refractivity contribution in [2.75, 3.05) is 30.4 Å². The molecule has 0 unspecified atom stereocenters. The second kappa shape index (κ2) is 5.95. The summed E-state index contributed by atoms with van der Waals surface area (Å²) in [6, 6.07) is 6.55. The first kappa shape index (κ1) is 13.7. The summed E-state index contributed by atoms with van der Waals surface area (Å²) in [5, 5.41) is 6.31. The number of anilines is 2. The van der Waals surface area contributed by atoms with Crippen molar-refractivity contribution in [3.05, 3.63) is 23.8 Å². The SMILES string of the molecule is CC(C)NC(=O)CN(C)c1ccc2c(c1)CCCN2. The van der Waals surface area contributed by atoms with Crippen LogP contribution in [0.4, 0.5) is 11.4 Å². The van der Waals surface area contributed by atoms with Gasteiger partial charge in [0.1, 0.15) is 0 Å². The molecule has 1 amide bonds. The van der Waals surface area contributed by atoms with Crippen molar-refractivity contribution in [2.45, 2.75) is 32.7 Å². The Balaban J connectivity index is 2.03. The Hall–Kier alpha value is -1.71. The fourth-order valence-electron chi connectivity index (χ4n) is 2.37. The highest BCUT2D eigenvalue weighted by Gasteiger charge is 2.12. The highest BCUT2D eigenvalue weighted by Crippen LogP contribution is 2.26. The molecule has 2 N–H and O–H groups in total. The van der Waals surface area contributed by atoms with Crippen LogP contribution in [0, 0.1) is 0 Å². The van der Waals surface area contributed by atoms with E-state index in [-0.39, 0.29) is 11.9 Å². The lowest BCUT2D eigenvalue weighted by Gasteiger charge is -2.23. The monoisotopic (exact) mass is 261 g/mol. The number of carbonyl (C=O) groups excluding carboxylic acids is 1. The number of carbonyl (C=O) groups is 1. The first-order valence-corrected chi connectivity index (χ1v) is 6.93. The molecular weight excluding hydrogens is 238 g/mol. The predicted molar refractivity (Wildman–Crippen MR) is 79.8 cm³/mol. The summed E-state index contributed by atoms with van der Waals surface area (Å²) in [4.78, 5) is 13.8. The fourth-order valence-corrected chi connectivity index (χ4v) is 2.37. The van der Waals surface area contributed by atoms with E-state index in [0.29, 0.717) is 6.54 Å². The van der Waals surface area contributed by atoms with Crippen molar-refractivity contribution in [2.24, 2.45) is 0 Å². The zero-order chi connectivity index (χ0) is 13.8. The minimum Gasteiger partial charge on any atom is -0.385 e. The molecule has 1 aromatic carbocycles. The Morgan fingerprint density at radius 1 is 1.47 bits per heavy atom. The average Bonchev–Trinajstić information content (AvgIpc) is 2.37. The number of fused-ring (bicyclic) bond motifs is 1. The van der Waals surface area contributed by atoms with Crippen LogP contribution in [0.2, 0.25) is 0 Å². The predicted octanol–water partition coefficient (Wildman–Crippen LogP) is 2.01. The number of hydrogen-bond donors (Lipinski definition) is 2. The van der Waals surface area contributed by atoms with E-state index in [4.69, 9.17) is 0 Å². The second-order valence-corrected chi connectivity index (χ2v) is 5.45. The summed E-state index contributed by atoms with van der Waals surface area (Å²) in [6.45, 7) is 5.40.